The third-order valence-electron chi connectivity index (χ3n) is 1.73. The van der Waals surface area contributed by atoms with Gasteiger partial charge in [-0.25, -0.2) is 9.59 Å². The van der Waals surface area contributed by atoms with Gasteiger partial charge in [-0.3, -0.25) is 0 Å². The molecule has 0 N–H and O–H groups in total. The van der Waals surface area contributed by atoms with Gasteiger partial charge in [0.25, 0.3) is 0 Å². The van der Waals surface area contributed by atoms with Gasteiger partial charge in [-0.05, 0) is 6.92 Å². The maximum Gasteiger partial charge on any atom is 0.340 e. The topological polar surface area (TPSA) is 61.8 Å². The van der Waals surface area contributed by atoms with Gasteiger partial charge in [-0.1, -0.05) is 0 Å². The van der Waals surface area contributed by atoms with E-state index < -0.39 is 11.9 Å². The van der Waals surface area contributed by atoms with Crippen molar-refractivity contribution in [3.8, 4) is 0 Å². The molecule has 0 aromatic heterocycles. The number of methoxy groups -OCH3 is 2. The molecule has 0 aromatic carbocycles. The highest BCUT2D eigenvalue weighted by Crippen LogP contribution is 2.23. The molecule has 1 heterocycles. The molecule has 0 bridgehead atoms. The summed E-state index contributed by atoms with van der Waals surface area (Å²) in [5.41, 5.74) is 0.200. The third-order valence-corrected chi connectivity index (χ3v) is 1.73. The molecule has 0 aliphatic carbocycles. The molecule has 0 amide bonds. The average Bonchev–Trinajstić information content (AvgIpc) is 2.57. The Balaban J connectivity index is 3.04. The summed E-state index contributed by atoms with van der Waals surface area (Å²) in [4.78, 5) is 22.0. The lowest BCUT2D eigenvalue weighted by Crippen LogP contribution is -2.07. The first kappa shape index (κ1) is 10.3. The lowest BCUT2D eigenvalue weighted by atomic mass is 10.2. The SMILES string of the molecule is COC(=O)/C(C)=C1/OC(=O)C=C1OC. The summed E-state index contributed by atoms with van der Waals surface area (Å²) in [6, 6.07) is 0. The fourth-order valence-electron chi connectivity index (χ4n) is 1.01. The zero-order chi connectivity index (χ0) is 10.7. The number of carbonyl (C=O) groups is 2. The second-order valence-electron chi connectivity index (χ2n) is 2.58. The van der Waals surface area contributed by atoms with Crippen LogP contribution in [0.25, 0.3) is 0 Å². The van der Waals surface area contributed by atoms with Crippen LogP contribution in [0.1, 0.15) is 6.92 Å². The Labute approximate surface area is 80.9 Å². The molecule has 1 aliphatic rings. The van der Waals surface area contributed by atoms with Gasteiger partial charge < -0.3 is 14.2 Å². The van der Waals surface area contributed by atoms with Crippen molar-refractivity contribution in [1.29, 1.82) is 0 Å². The van der Waals surface area contributed by atoms with Crippen molar-refractivity contribution in [1.82, 2.24) is 0 Å². The van der Waals surface area contributed by atoms with Gasteiger partial charge in [-0.2, -0.15) is 0 Å². The van der Waals surface area contributed by atoms with Crippen molar-refractivity contribution in [2.45, 2.75) is 6.92 Å². The molecule has 0 aromatic rings. The van der Waals surface area contributed by atoms with Gasteiger partial charge in [0.15, 0.2) is 11.5 Å². The minimum absolute atomic E-state index is 0.115. The van der Waals surface area contributed by atoms with Crippen LogP contribution in [0.15, 0.2) is 23.2 Å². The largest absolute Gasteiger partial charge is 0.493 e. The Kier molecular flexibility index (Phi) is 2.91. The molecular weight excluding hydrogens is 188 g/mol. The number of esters is 2. The number of ether oxygens (including phenoxy) is 3. The van der Waals surface area contributed by atoms with Crippen LogP contribution in [-0.4, -0.2) is 26.2 Å². The third kappa shape index (κ3) is 1.76. The zero-order valence-corrected chi connectivity index (χ0v) is 8.12. The normalized spacial score (nSPS) is 18.5. The summed E-state index contributed by atoms with van der Waals surface area (Å²) < 4.78 is 14.1. The van der Waals surface area contributed by atoms with Crippen molar-refractivity contribution in [2.24, 2.45) is 0 Å². The smallest absolute Gasteiger partial charge is 0.340 e. The second kappa shape index (κ2) is 3.95. The van der Waals surface area contributed by atoms with Crippen LogP contribution in [0.2, 0.25) is 0 Å². The van der Waals surface area contributed by atoms with Crippen LogP contribution in [0.4, 0.5) is 0 Å². The molecule has 76 valence electrons. The van der Waals surface area contributed by atoms with E-state index in [-0.39, 0.29) is 17.1 Å². The Hall–Kier alpha value is -1.78. The summed E-state index contributed by atoms with van der Waals surface area (Å²) in [6.07, 6.45) is 1.17. The Bertz CT molecular complexity index is 337. The lowest BCUT2D eigenvalue weighted by molar-refractivity contribution is -0.136. The van der Waals surface area contributed by atoms with E-state index in [2.05, 4.69) is 4.74 Å². The fraction of sp³-hybridized carbons (Fsp3) is 0.333. The molecule has 0 fully saturated rings. The molecule has 0 radical (unpaired) electrons. The highest BCUT2D eigenvalue weighted by atomic mass is 16.6. The Morgan fingerprint density at radius 1 is 1.43 bits per heavy atom. The second-order valence-corrected chi connectivity index (χ2v) is 2.58. The summed E-state index contributed by atoms with van der Waals surface area (Å²) in [7, 11) is 2.64. The Morgan fingerprint density at radius 2 is 2.07 bits per heavy atom. The Morgan fingerprint density at radius 3 is 2.57 bits per heavy atom. The van der Waals surface area contributed by atoms with Crippen molar-refractivity contribution in [3.05, 3.63) is 23.2 Å². The van der Waals surface area contributed by atoms with E-state index in [1.165, 1.54) is 27.2 Å². The van der Waals surface area contributed by atoms with Crippen LogP contribution < -0.4 is 0 Å². The molecule has 0 saturated heterocycles. The molecular formula is C9H10O5. The van der Waals surface area contributed by atoms with Gasteiger partial charge in [0.1, 0.15) is 0 Å². The van der Waals surface area contributed by atoms with Gasteiger partial charge in [0.2, 0.25) is 0 Å². The molecule has 5 nitrogen and oxygen atoms in total. The van der Waals surface area contributed by atoms with Crippen molar-refractivity contribution in [2.75, 3.05) is 14.2 Å². The maximum atomic E-state index is 11.1. The highest BCUT2D eigenvalue weighted by Gasteiger charge is 2.26. The van der Waals surface area contributed by atoms with Gasteiger partial charge in [0, 0.05) is 0 Å². The molecule has 1 rings (SSSR count). The van der Waals surface area contributed by atoms with E-state index in [0.717, 1.165) is 0 Å². The van der Waals surface area contributed by atoms with E-state index in [1.807, 2.05) is 0 Å². The standard InChI is InChI=1S/C9H10O5/c1-5(9(11)13-3)8-6(12-2)4-7(10)14-8/h4H,1-3H3/b8-5+. The first-order chi connectivity index (χ1) is 6.60. The van der Waals surface area contributed by atoms with Gasteiger partial charge in [-0.15, -0.1) is 0 Å². The van der Waals surface area contributed by atoms with E-state index in [1.54, 1.807) is 0 Å². The number of hydrogen-bond acceptors (Lipinski definition) is 5. The number of rotatable bonds is 2. The summed E-state index contributed by atoms with van der Waals surface area (Å²) in [5, 5.41) is 0. The fourth-order valence-corrected chi connectivity index (χ4v) is 1.01. The van der Waals surface area contributed by atoms with E-state index in [9.17, 15) is 9.59 Å². The molecule has 14 heavy (non-hydrogen) atoms. The van der Waals surface area contributed by atoms with Gasteiger partial charge >= 0.3 is 11.9 Å². The minimum atomic E-state index is -0.558. The maximum absolute atomic E-state index is 11.1. The highest BCUT2D eigenvalue weighted by molar-refractivity contribution is 5.93. The van der Waals surface area contributed by atoms with Crippen LogP contribution in [0.3, 0.4) is 0 Å². The predicted molar refractivity (Wildman–Crippen MR) is 45.9 cm³/mol. The first-order valence-electron chi connectivity index (χ1n) is 3.87. The van der Waals surface area contributed by atoms with Crippen molar-refractivity contribution >= 4 is 11.9 Å². The minimum Gasteiger partial charge on any atom is -0.493 e. The van der Waals surface area contributed by atoms with Crippen LogP contribution in [-0.2, 0) is 23.8 Å². The zero-order valence-electron chi connectivity index (χ0n) is 8.12. The van der Waals surface area contributed by atoms with E-state index >= 15 is 0 Å². The summed E-state index contributed by atoms with van der Waals surface area (Å²) >= 11 is 0. The van der Waals surface area contributed by atoms with Crippen LogP contribution in [0.5, 0.6) is 0 Å². The predicted octanol–water partition coefficient (Wildman–Crippen LogP) is 0.520. The van der Waals surface area contributed by atoms with Gasteiger partial charge in [0.05, 0.1) is 25.9 Å². The monoisotopic (exact) mass is 198 g/mol. The van der Waals surface area contributed by atoms with E-state index in [0.29, 0.717) is 0 Å². The lowest BCUT2D eigenvalue weighted by Gasteiger charge is -2.06. The summed E-state index contributed by atoms with van der Waals surface area (Å²) in [5.74, 6) is -0.764. The summed E-state index contributed by atoms with van der Waals surface area (Å²) in [6.45, 7) is 1.49. The van der Waals surface area contributed by atoms with Crippen molar-refractivity contribution < 1.29 is 23.8 Å². The molecule has 0 spiro atoms. The van der Waals surface area contributed by atoms with Crippen LogP contribution >= 0.6 is 0 Å². The molecule has 0 atom stereocenters. The molecule has 1 aliphatic heterocycles. The number of hydrogen-bond donors (Lipinski definition) is 0. The van der Waals surface area contributed by atoms with Crippen LogP contribution in [0, 0.1) is 0 Å². The quantitative estimate of drug-likeness (QED) is 0.478. The molecule has 5 heteroatoms. The van der Waals surface area contributed by atoms with Crippen molar-refractivity contribution in [3.63, 3.8) is 0 Å². The average molecular weight is 198 g/mol. The number of cyclic esters (lactones) is 1. The molecule has 0 saturated carbocycles. The number of carbonyl (C=O) groups excluding carboxylic acids is 2. The van der Waals surface area contributed by atoms with E-state index in [4.69, 9.17) is 9.47 Å². The first-order valence-corrected chi connectivity index (χ1v) is 3.87. The molecule has 0 unspecified atom stereocenters.